The standard InChI is InChI=1S/C14H13N5OS2/c1-9-3-2-4-10(7-9)12-17-14(19-18-12)22-8-11(20)16-13-15-5-6-21-13/h2-7H,8H2,1H3,(H,15,16,20)(H,17,18,19). The monoisotopic (exact) mass is 331 g/mol. The van der Waals surface area contributed by atoms with Gasteiger partial charge in [0, 0.05) is 17.1 Å². The van der Waals surface area contributed by atoms with Gasteiger partial charge in [-0.2, -0.15) is 0 Å². The zero-order valence-corrected chi connectivity index (χ0v) is 13.4. The molecule has 22 heavy (non-hydrogen) atoms. The molecule has 0 spiro atoms. The van der Waals surface area contributed by atoms with Gasteiger partial charge in [0.2, 0.25) is 11.1 Å². The van der Waals surface area contributed by atoms with Gasteiger partial charge < -0.3 is 5.32 Å². The van der Waals surface area contributed by atoms with Gasteiger partial charge in [0.1, 0.15) is 0 Å². The topological polar surface area (TPSA) is 83.6 Å². The molecule has 6 nitrogen and oxygen atoms in total. The first-order valence-corrected chi connectivity index (χ1v) is 8.39. The number of anilines is 1. The Bertz CT molecular complexity index is 769. The summed E-state index contributed by atoms with van der Waals surface area (Å²) in [7, 11) is 0. The van der Waals surface area contributed by atoms with Crippen LogP contribution in [0.5, 0.6) is 0 Å². The van der Waals surface area contributed by atoms with Crippen molar-refractivity contribution in [1.82, 2.24) is 20.2 Å². The molecule has 1 amide bonds. The molecular formula is C14H13N5OS2. The van der Waals surface area contributed by atoms with Crippen LogP contribution in [0.1, 0.15) is 5.56 Å². The number of benzene rings is 1. The van der Waals surface area contributed by atoms with Gasteiger partial charge in [-0.1, -0.05) is 35.5 Å². The molecule has 3 aromatic rings. The van der Waals surface area contributed by atoms with Crippen LogP contribution in [0.25, 0.3) is 11.4 Å². The number of aryl methyl sites for hydroxylation is 1. The third kappa shape index (κ3) is 3.71. The minimum absolute atomic E-state index is 0.123. The van der Waals surface area contributed by atoms with E-state index in [2.05, 4.69) is 25.5 Å². The van der Waals surface area contributed by atoms with Crippen molar-refractivity contribution >= 4 is 34.1 Å². The lowest BCUT2D eigenvalue weighted by Crippen LogP contribution is -2.13. The summed E-state index contributed by atoms with van der Waals surface area (Å²) in [6, 6.07) is 8.00. The molecule has 112 valence electrons. The first kappa shape index (κ1) is 14.7. The Kier molecular flexibility index (Phi) is 4.50. The van der Waals surface area contributed by atoms with Crippen LogP contribution in [0.4, 0.5) is 5.13 Å². The van der Waals surface area contributed by atoms with Crippen LogP contribution >= 0.6 is 23.1 Å². The second-order valence-corrected chi connectivity index (χ2v) is 6.35. The summed E-state index contributed by atoms with van der Waals surface area (Å²) < 4.78 is 0. The Labute approximate surface area is 135 Å². The summed E-state index contributed by atoms with van der Waals surface area (Å²) in [4.78, 5) is 20.2. The number of carbonyl (C=O) groups excluding carboxylic acids is 1. The molecular weight excluding hydrogens is 318 g/mol. The van der Waals surface area contributed by atoms with Crippen LogP contribution < -0.4 is 5.32 Å². The van der Waals surface area contributed by atoms with Crippen molar-refractivity contribution in [2.24, 2.45) is 0 Å². The van der Waals surface area contributed by atoms with E-state index in [0.29, 0.717) is 16.1 Å². The maximum Gasteiger partial charge on any atom is 0.236 e. The van der Waals surface area contributed by atoms with E-state index in [-0.39, 0.29) is 11.7 Å². The highest BCUT2D eigenvalue weighted by Crippen LogP contribution is 2.20. The summed E-state index contributed by atoms with van der Waals surface area (Å²) in [5.74, 6) is 0.818. The summed E-state index contributed by atoms with van der Waals surface area (Å²) in [5, 5.41) is 12.7. The number of aromatic amines is 1. The van der Waals surface area contributed by atoms with Crippen molar-refractivity contribution in [2.75, 3.05) is 11.1 Å². The number of aromatic nitrogens is 4. The normalized spacial score (nSPS) is 10.6. The number of amides is 1. The molecule has 1 aromatic carbocycles. The summed E-state index contributed by atoms with van der Waals surface area (Å²) in [6.07, 6.45) is 1.65. The third-order valence-electron chi connectivity index (χ3n) is 2.77. The number of rotatable bonds is 5. The molecule has 0 unspecified atom stereocenters. The maximum atomic E-state index is 11.8. The quantitative estimate of drug-likeness (QED) is 0.702. The number of carbonyl (C=O) groups is 1. The van der Waals surface area contributed by atoms with E-state index < -0.39 is 0 Å². The Morgan fingerprint density at radius 2 is 2.36 bits per heavy atom. The molecule has 0 aliphatic carbocycles. The van der Waals surface area contributed by atoms with Gasteiger partial charge in [0.25, 0.3) is 0 Å². The average Bonchev–Trinajstić information content (AvgIpc) is 3.16. The zero-order chi connectivity index (χ0) is 15.4. The van der Waals surface area contributed by atoms with Gasteiger partial charge in [-0.15, -0.1) is 16.4 Å². The van der Waals surface area contributed by atoms with E-state index >= 15 is 0 Å². The fourth-order valence-corrected chi connectivity index (χ4v) is 2.95. The molecule has 0 saturated carbocycles. The first-order valence-electron chi connectivity index (χ1n) is 6.52. The van der Waals surface area contributed by atoms with Gasteiger partial charge in [0.15, 0.2) is 11.0 Å². The average molecular weight is 331 g/mol. The molecule has 0 aliphatic rings. The summed E-state index contributed by atoms with van der Waals surface area (Å²) in [6.45, 7) is 2.03. The summed E-state index contributed by atoms with van der Waals surface area (Å²) >= 11 is 2.67. The summed E-state index contributed by atoms with van der Waals surface area (Å²) in [5.41, 5.74) is 2.14. The van der Waals surface area contributed by atoms with Crippen LogP contribution in [-0.4, -0.2) is 31.8 Å². The highest BCUT2D eigenvalue weighted by atomic mass is 32.2. The molecule has 2 aromatic heterocycles. The van der Waals surface area contributed by atoms with Crippen molar-refractivity contribution in [3.8, 4) is 11.4 Å². The number of hydrogen-bond donors (Lipinski definition) is 2. The number of nitrogens with one attached hydrogen (secondary N) is 2. The predicted octanol–water partition coefficient (Wildman–Crippen LogP) is 2.97. The van der Waals surface area contributed by atoms with E-state index in [1.54, 1.807) is 6.20 Å². The van der Waals surface area contributed by atoms with E-state index in [9.17, 15) is 4.79 Å². The van der Waals surface area contributed by atoms with E-state index in [1.165, 1.54) is 23.1 Å². The molecule has 8 heteroatoms. The Morgan fingerprint density at radius 3 is 3.14 bits per heavy atom. The fourth-order valence-electron chi connectivity index (χ4n) is 1.80. The van der Waals surface area contributed by atoms with Crippen LogP contribution in [0.2, 0.25) is 0 Å². The molecule has 2 N–H and O–H groups in total. The number of thioether (sulfide) groups is 1. The first-order chi connectivity index (χ1) is 10.7. The smallest absolute Gasteiger partial charge is 0.236 e. The largest absolute Gasteiger partial charge is 0.301 e. The van der Waals surface area contributed by atoms with Crippen LogP contribution in [-0.2, 0) is 4.79 Å². The Morgan fingerprint density at radius 1 is 1.45 bits per heavy atom. The third-order valence-corrected chi connectivity index (χ3v) is 4.30. The molecule has 0 aliphatic heterocycles. The molecule has 0 atom stereocenters. The van der Waals surface area contributed by atoms with Gasteiger partial charge in [-0.25, -0.2) is 9.97 Å². The second-order valence-electron chi connectivity index (χ2n) is 4.51. The predicted molar refractivity (Wildman–Crippen MR) is 88.0 cm³/mol. The number of nitrogens with zero attached hydrogens (tertiary/aromatic N) is 3. The molecule has 0 bridgehead atoms. The van der Waals surface area contributed by atoms with Crippen molar-refractivity contribution in [3.05, 3.63) is 41.4 Å². The van der Waals surface area contributed by atoms with Crippen LogP contribution in [0.15, 0.2) is 41.0 Å². The van der Waals surface area contributed by atoms with E-state index in [0.717, 1.165) is 11.1 Å². The number of hydrogen-bond acceptors (Lipinski definition) is 6. The van der Waals surface area contributed by atoms with E-state index in [4.69, 9.17) is 0 Å². The zero-order valence-electron chi connectivity index (χ0n) is 11.7. The van der Waals surface area contributed by atoms with Gasteiger partial charge in [-0.05, 0) is 13.0 Å². The number of H-pyrrole nitrogens is 1. The van der Waals surface area contributed by atoms with Crippen molar-refractivity contribution < 1.29 is 4.79 Å². The van der Waals surface area contributed by atoms with Crippen LogP contribution in [0.3, 0.4) is 0 Å². The molecule has 0 fully saturated rings. The van der Waals surface area contributed by atoms with Gasteiger partial charge in [0.05, 0.1) is 5.75 Å². The highest BCUT2D eigenvalue weighted by molar-refractivity contribution is 7.99. The minimum atomic E-state index is -0.123. The molecule has 2 heterocycles. The molecule has 3 rings (SSSR count). The fraction of sp³-hybridized carbons (Fsp3) is 0.143. The maximum absolute atomic E-state index is 11.8. The van der Waals surface area contributed by atoms with Crippen LogP contribution in [0, 0.1) is 6.92 Å². The lowest BCUT2D eigenvalue weighted by molar-refractivity contribution is -0.113. The second kappa shape index (κ2) is 6.71. The van der Waals surface area contributed by atoms with Gasteiger partial charge >= 0.3 is 0 Å². The Balaban J connectivity index is 1.59. The lowest BCUT2D eigenvalue weighted by Gasteiger charge is -1.99. The Hall–Kier alpha value is -2.19. The van der Waals surface area contributed by atoms with E-state index in [1.807, 2.05) is 36.6 Å². The molecule has 0 radical (unpaired) electrons. The SMILES string of the molecule is Cc1cccc(-c2nc(SCC(=O)Nc3nccs3)n[nH]2)c1. The van der Waals surface area contributed by atoms with Gasteiger partial charge in [-0.3, -0.25) is 9.89 Å². The lowest BCUT2D eigenvalue weighted by atomic mass is 10.1. The van der Waals surface area contributed by atoms with Crippen molar-refractivity contribution in [2.45, 2.75) is 12.1 Å². The minimum Gasteiger partial charge on any atom is -0.301 e. The molecule has 0 saturated heterocycles. The number of thiazole rings is 1. The van der Waals surface area contributed by atoms with Crippen molar-refractivity contribution in [1.29, 1.82) is 0 Å². The van der Waals surface area contributed by atoms with Crippen molar-refractivity contribution in [3.63, 3.8) is 0 Å². The highest BCUT2D eigenvalue weighted by Gasteiger charge is 2.10.